The van der Waals surface area contributed by atoms with Gasteiger partial charge < -0.3 is 14.8 Å². The molecule has 2 saturated heterocycles. The zero-order valence-electron chi connectivity index (χ0n) is 12.4. The van der Waals surface area contributed by atoms with E-state index in [-0.39, 0.29) is 11.2 Å². The minimum Gasteiger partial charge on any atom is -0.371 e. The van der Waals surface area contributed by atoms with Crippen LogP contribution in [-0.2, 0) is 9.47 Å². The lowest BCUT2D eigenvalue weighted by molar-refractivity contribution is -0.124. The van der Waals surface area contributed by atoms with E-state index in [4.69, 9.17) is 9.47 Å². The largest absolute Gasteiger partial charge is 0.371 e. The molecule has 0 aromatic heterocycles. The molecular formula is C16H29NO2. The molecule has 2 unspecified atom stereocenters. The Kier molecular flexibility index (Phi) is 4.16. The number of hydrogen-bond donors (Lipinski definition) is 1. The van der Waals surface area contributed by atoms with Crippen LogP contribution in [0.15, 0.2) is 0 Å². The smallest absolute Gasteiger partial charge is 0.0817 e. The minimum absolute atomic E-state index is 0.0317. The van der Waals surface area contributed by atoms with Crippen LogP contribution in [0.4, 0.5) is 0 Å². The van der Waals surface area contributed by atoms with E-state index >= 15 is 0 Å². The summed E-state index contributed by atoms with van der Waals surface area (Å²) in [5.74, 6) is 0. The monoisotopic (exact) mass is 267 g/mol. The van der Waals surface area contributed by atoms with Gasteiger partial charge in [-0.1, -0.05) is 19.3 Å². The zero-order valence-corrected chi connectivity index (χ0v) is 12.4. The van der Waals surface area contributed by atoms with Crippen LogP contribution in [0.2, 0.25) is 0 Å². The van der Waals surface area contributed by atoms with Crippen molar-refractivity contribution in [2.24, 2.45) is 0 Å². The molecular weight excluding hydrogens is 238 g/mol. The van der Waals surface area contributed by atoms with Crippen molar-refractivity contribution >= 4 is 0 Å². The number of nitrogens with one attached hydrogen (secondary N) is 1. The number of rotatable bonds is 3. The van der Waals surface area contributed by atoms with Gasteiger partial charge in [0.05, 0.1) is 23.9 Å². The van der Waals surface area contributed by atoms with E-state index in [2.05, 4.69) is 12.2 Å². The average molecular weight is 267 g/mol. The fraction of sp³-hybridized carbons (Fsp3) is 1.00. The predicted molar refractivity (Wildman–Crippen MR) is 76.4 cm³/mol. The van der Waals surface area contributed by atoms with Crippen molar-refractivity contribution in [3.63, 3.8) is 0 Å². The molecule has 2 aliphatic heterocycles. The Labute approximate surface area is 117 Å². The molecule has 1 spiro atoms. The lowest BCUT2D eigenvalue weighted by Crippen LogP contribution is -2.46. The van der Waals surface area contributed by atoms with Gasteiger partial charge in [0, 0.05) is 6.54 Å². The Bertz CT molecular complexity index is 293. The Hall–Kier alpha value is -0.120. The van der Waals surface area contributed by atoms with Crippen LogP contribution < -0.4 is 5.32 Å². The normalized spacial score (nSPS) is 38.7. The van der Waals surface area contributed by atoms with Gasteiger partial charge in [-0.15, -0.1) is 0 Å². The van der Waals surface area contributed by atoms with Crippen molar-refractivity contribution in [1.29, 1.82) is 0 Å². The van der Waals surface area contributed by atoms with Gasteiger partial charge in [0.25, 0.3) is 0 Å². The van der Waals surface area contributed by atoms with E-state index in [1.807, 2.05) is 0 Å². The predicted octanol–water partition coefficient (Wildman–Crippen LogP) is 3.03. The van der Waals surface area contributed by atoms with E-state index < -0.39 is 0 Å². The summed E-state index contributed by atoms with van der Waals surface area (Å²) >= 11 is 0. The molecule has 1 aliphatic carbocycles. The van der Waals surface area contributed by atoms with Crippen molar-refractivity contribution < 1.29 is 9.47 Å². The maximum absolute atomic E-state index is 6.38. The van der Waals surface area contributed by atoms with Crippen molar-refractivity contribution in [2.75, 3.05) is 19.7 Å². The molecule has 1 saturated carbocycles. The van der Waals surface area contributed by atoms with Crippen LogP contribution >= 0.6 is 0 Å². The van der Waals surface area contributed by atoms with Crippen LogP contribution in [0.3, 0.4) is 0 Å². The molecule has 19 heavy (non-hydrogen) atoms. The first kappa shape index (κ1) is 13.8. The Morgan fingerprint density at radius 3 is 2.68 bits per heavy atom. The van der Waals surface area contributed by atoms with Crippen LogP contribution in [0.5, 0.6) is 0 Å². The molecule has 0 amide bonds. The zero-order chi connectivity index (χ0) is 13.2. The van der Waals surface area contributed by atoms with Gasteiger partial charge in [-0.2, -0.15) is 0 Å². The summed E-state index contributed by atoms with van der Waals surface area (Å²) < 4.78 is 12.6. The molecule has 3 rings (SSSR count). The summed E-state index contributed by atoms with van der Waals surface area (Å²) in [5, 5.41) is 3.44. The molecule has 0 aromatic carbocycles. The van der Waals surface area contributed by atoms with Crippen molar-refractivity contribution in [3.05, 3.63) is 0 Å². The molecule has 2 heterocycles. The van der Waals surface area contributed by atoms with E-state index in [1.165, 1.54) is 57.8 Å². The first-order valence-corrected chi connectivity index (χ1v) is 8.22. The minimum atomic E-state index is 0.0317. The lowest BCUT2D eigenvalue weighted by Gasteiger charge is -2.36. The Morgan fingerprint density at radius 1 is 1.11 bits per heavy atom. The van der Waals surface area contributed by atoms with Gasteiger partial charge in [-0.25, -0.2) is 0 Å². The van der Waals surface area contributed by atoms with Crippen molar-refractivity contribution in [1.82, 2.24) is 5.32 Å². The summed E-state index contributed by atoms with van der Waals surface area (Å²) in [5.41, 5.74) is 0.266. The van der Waals surface area contributed by atoms with Crippen molar-refractivity contribution in [3.8, 4) is 0 Å². The summed E-state index contributed by atoms with van der Waals surface area (Å²) in [6.07, 6.45) is 11.9. The second-order valence-electron chi connectivity index (χ2n) is 7.06. The summed E-state index contributed by atoms with van der Waals surface area (Å²) in [7, 11) is 0. The Morgan fingerprint density at radius 2 is 1.95 bits per heavy atom. The fourth-order valence-corrected chi connectivity index (χ4v) is 4.02. The van der Waals surface area contributed by atoms with Crippen molar-refractivity contribution in [2.45, 2.75) is 82.0 Å². The highest BCUT2D eigenvalue weighted by molar-refractivity contribution is 4.92. The van der Waals surface area contributed by atoms with E-state index in [1.54, 1.807) is 0 Å². The summed E-state index contributed by atoms with van der Waals surface area (Å²) in [6, 6.07) is 0. The maximum Gasteiger partial charge on any atom is 0.0817 e. The highest BCUT2D eigenvalue weighted by atomic mass is 16.6. The highest BCUT2D eigenvalue weighted by Gasteiger charge is 2.41. The molecule has 2 atom stereocenters. The SMILES string of the molecule is CC1(OCC2CCC3(CCCCC3)O2)CCCNC1. The molecule has 3 nitrogen and oxygen atoms in total. The third-order valence-electron chi connectivity index (χ3n) is 5.28. The summed E-state index contributed by atoms with van der Waals surface area (Å²) in [4.78, 5) is 0. The number of piperidine rings is 1. The molecule has 3 aliphatic rings. The van der Waals surface area contributed by atoms with Gasteiger partial charge >= 0.3 is 0 Å². The van der Waals surface area contributed by atoms with Crippen LogP contribution in [0, 0.1) is 0 Å². The maximum atomic E-state index is 6.38. The van der Waals surface area contributed by atoms with Gasteiger partial charge in [-0.3, -0.25) is 0 Å². The van der Waals surface area contributed by atoms with Crippen LogP contribution in [0.1, 0.15) is 64.7 Å². The van der Waals surface area contributed by atoms with Gasteiger partial charge in [0.1, 0.15) is 0 Å². The first-order valence-electron chi connectivity index (χ1n) is 8.22. The third kappa shape index (κ3) is 3.32. The topological polar surface area (TPSA) is 30.5 Å². The molecule has 3 heteroatoms. The number of hydrogen-bond acceptors (Lipinski definition) is 3. The standard InChI is InChI=1S/C16H29NO2/c1-15(7-5-11-17-13-15)18-12-14-6-10-16(19-14)8-3-2-4-9-16/h14,17H,2-13H2,1H3. The van der Waals surface area contributed by atoms with E-state index in [0.29, 0.717) is 6.10 Å². The highest BCUT2D eigenvalue weighted by Crippen LogP contribution is 2.42. The average Bonchev–Trinajstić information content (AvgIpc) is 2.82. The fourth-order valence-electron chi connectivity index (χ4n) is 4.02. The van der Waals surface area contributed by atoms with Gasteiger partial charge in [0.15, 0.2) is 0 Å². The lowest BCUT2D eigenvalue weighted by atomic mass is 9.83. The molecule has 110 valence electrons. The number of ether oxygens (including phenoxy) is 2. The van der Waals surface area contributed by atoms with E-state index in [9.17, 15) is 0 Å². The second kappa shape index (κ2) is 5.71. The second-order valence-corrected chi connectivity index (χ2v) is 7.06. The molecule has 1 N–H and O–H groups in total. The van der Waals surface area contributed by atoms with Crippen LogP contribution in [0.25, 0.3) is 0 Å². The third-order valence-corrected chi connectivity index (χ3v) is 5.28. The summed E-state index contributed by atoms with van der Waals surface area (Å²) in [6.45, 7) is 5.16. The molecule has 3 fully saturated rings. The first-order chi connectivity index (χ1) is 9.20. The Balaban J connectivity index is 1.46. The van der Waals surface area contributed by atoms with Crippen LogP contribution in [-0.4, -0.2) is 37.0 Å². The molecule has 0 radical (unpaired) electrons. The molecule has 0 bridgehead atoms. The van der Waals surface area contributed by atoms with Gasteiger partial charge in [-0.05, 0) is 52.0 Å². The van der Waals surface area contributed by atoms with E-state index in [0.717, 1.165) is 19.7 Å². The quantitative estimate of drug-likeness (QED) is 0.852. The van der Waals surface area contributed by atoms with Gasteiger partial charge in [0.2, 0.25) is 0 Å². The molecule has 0 aromatic rings.